The molecule has 1 atom stereocenters. The molecular weight excluding hydrogens is 436 g/mol. The van der Waals surface area contributed by atoms with Crippen LogP contribution in [0.4, 0.5) is 5.69 Å². The van der Waals surface area contributed by atoms with E-state index in [4.69, 9.17) is 16.5 Å². The second-order valence-electron chi connectivity index (χ2n) is 10.0. The Balaban J connectivity index is 0.00000408. The molecule has 2 aromatic carbocycles. The fourth-order valence-electron chi connectivity index (χ4n) is 5.42. The monoisotopic (exact) mass is 484 g/mol. The van der Waals surface area contributed by atoms with E-state index in [1.807, 2.05) is 0 Å². The van der Waals surface area contributed by atoms with Crippen LogP contribution < -0.4 is 9.64 Å². The van der Waals surface area contributed by atoms with Crippen molar-refractivity contribution < 1.29 is 4.74 Å². The first kappa shape index (κ1) is 28.3. The third-order valence-electron chi connectivity index (χ3n) is 7.37. The van der Waals surface area contributed by atoms with Crippen LogP contribution in [-0.4, -0.2) is 56.2 Å². The van der Waals surface area contributed by atoms with Crippen LogP contribution in [0.3, 0.4) is 0 Å². The Morgan fingerprint density at radius 3 is 2.12 bits per heavy atom. The summed E-state index contributed by atoms with van der Waals surface area (Å²) in [7, 11) is 6.86. The van der Waals surface area contributed by atoms with Crippen molar-refractivity contribution in [2.45, 2.75) is 76.3 Å². The molecule has 1 heterocycles. The Morgan fingerprint density at radius 1 is 1.03 bits per heavy atom. The summed E-state index contributed by atoms with van der Waals surface area (Å²) in [4.78, 5) is 6.25. The molecule has 1 aliphatic rings. The van der Waals surface area contributed by atoms with Crippen molar-refractivity contribution in [1.29, 1.82) is 0 Å². The summed E-state index contributed by atoms with van der Waals surface area (Å²) in [5.41, 5.74) is 3.99. The number of benzene rings is 2. The SMILES string of the molecule is C.C=S1(=C)CC(CCCC)(CCCC)N(C)C(c2ccc(OC)cc2)c2cc(N(C)C)ccc21. The first-order valence-electron chi connectivity index (χ1n) is 12.3. The zero-order chi connectivity index (χ0) is 24.2. The minimum absolute atomic E-state index is 0. The van der Waals surface area contributed by atoms with Crippen LogP contribution in [0.15, 0.2) is 47.4 Å². The molecule has 0 aromatic heterocycles. The van der Waals surface area contributed by atoms with E-state index in [9.17, 15) is 0 Å². The highest BCUT2D eigenvalue weighted by Gasteiger charge is 2.43. The molecule has 4 heteroatoms. The average Bonchev–Trinajstić information content (AvgIpc) is 2.87. The van der Waals surface area contributed by atoms with Gasteiger partial charge in [-0.05, 0) is 61.3 Å². The quantitative estimate of drug-likeness (QED) is 0.341. The topological polar surface area (TPSA) is 15.7 Å². The number of unbranched alkanes of at least 4 members (excludes halogenated alkanes) is 2. The van der Waals surface area contributed by atoms with Crippen LogP contribution in [0, 0.1) is 0 Å². The molecule has 1 unspecified atom stereocenters. The van der Waals surface area contributed by atoms with Gasteiger partial charge in [0.1, 0.15) is 5.75 Å². The highest BCUT2D eigenvalue weighted by Crippen LogP contribution is 2.52. The van der Waals surface area contributed by atoms with Gasteiger partial charge in [0.15, 0.2) is 0 Å². The van der Waals surface area contributed by atoms with Crippen LogP contribution in [0.1, 0.15) is 77.0 Å². The van der Waals surface area contributed by atoms with Crippen LogP contribution in [0.2, 0.25) is 0 Å². The predicted molar refractivity (Wildman–Crippen MR) is 157 cm³/mol. The summed E-state index contributed by atoms with van der Waals surface area (Å²) < 4.78 is 5.47. The standard InChI is InChI=1S/C29H44N2OS.CH4/c1-9-11-19-29(20-12-10-2)22-33(7,8)27-18-15-24(30(3)4)21-26(27)28(31(29)5)23-13-16-25(32-6)17-14-23;/h13-18,21,28H,7-12,19-20,22H2,1-6H3;1H4. The molecule has 0 saturated carbocycles. The maximum Gasteiger partial charge on any atom is 0.118 e. The number of nitrogens with zero attached hydrogens (tertiary/aromatic N) is 2. The van der Waals surface area contributed by atoms with E-state index in [1.165, 1.54) is 60.2 Å². The summed E-state index contributed by atoms with van der Waals surface area (Å²) >= 11 is 0. The normalized spacial score (nSPS) is 18.9. The van der Waals surface area contributed by atoms with Crippen molar-refractivity contribution in [1.82, 2.24) is 4.90 Å². The van der Waals surface area contributed by atoms with E-state index in [2.05, 4.69) is 87.3 Å². The molecule has 0 spiro atoms. The number of hydrogen-bond donors (Lipinski definition) is 0. The second-order valence-corrected chi connectivity index (χ2v) is 12.8. The highest BCUT2D eigenvalue weighted by atomic mass is 32.2. The maximum atomic E-state index is 5.47. The Kier molecular flexibility index (Phi) is 9.73. The molecule has 2 aromatic rings. The first-order chi connectivity index (χ1) is 15.7. The number of hydrogen-bond acceptors (Lipinski definition) is 3. The lowest BCUT2D eigenvalue weighted by atomic mass is 9.84. The Labute approximate surface area is 210 Å². The molecule has 0 bridgehead atoms. The molecule has 0 amide bonds. The van der Waals surface area contributed by atoms with Gasteiger partial charge in [-0.25, -0.2) is 0 Å². The number of rotatable bonds is 9. The van der Waals surface area contributed by atoms with E-state index in [0.29, 0.717) is 0 Å². The fraction of sp³-hybridized carbons (Fsp3) is 0.533. The molecule has 0 saturated heterocycles. The lowest BCUT2D eigenvalue weighted by Gasteiger charge is -2.46. The van der Waals surface area contributed by atoms with Gasteiger partial charge in [0.25, 0.3) is 0 Å². The van der Waals surface area contributed by atoms with Crippen molar-refractivity contribution in [2.75, 3.05) is 38.9 Å². The van der Waals surface area contributed by atoms with Crippen molar-refractivity contribution in [3.8, 4) is 5.75 Å². The van der Waals surface area contributed by atoms with E-state index in [0.717, 1.165) is 11.5 Å². The first-order valence-corrected chi connectivity index (χ1v) is 14.5. The largest absolute Gasteiger partial charge is 0.497 e. The summed E-state index contributed by atoms with van der Waals surface area (Å²) in [6.07, 6.45) is 7.28. The molecule has 34 heavy (non-hydrogen) atoms. The van der Waals surface area contributed by atoms with Crippen LogP contribution in [-0.2, 0) is 0 Å². The average molecular weight is 485 g/mol. The van der Waals surface area contributed by atoms with Gasteiger partial charge in [0.2, 0.25) is 0 Å². The molecule has 0 radical (unpaired) electrons. The zero-order valence-electron chi connectivity index (χ0n) is 21.7. The van der Waals surface area contributed by atoms with Crippen molar-refractivity contribution >= 4 is 26.6 Å². The van der Waals surface area contributed by atoms with Crippen LogP contribution in [0.5, 0.6) is 5.75 Å². The summed E-state index contributed by atoms with van der Waals surface area (Å²) in [6, 6.07) is 15.8. The van der Waals surface area contributed by atoms with E-state index >= 15 is 0 Å². The predicted octanol–water partition coefficient (Wildman–Crippen LogP) is 7.58. The number of fused-ring (bicyclic) bond motifs is 1. The third kappa shape index (κ3) is 5.66. The molecule has 3 rings (SSSR count). The minimum Gasteiger partial charge on any atom is -0.497 e. The van der Waals surface area contributed by atoms with Gasteiger partial charge in [-0.3, -0.25) is 4.90 Å². The van der Waals surface area contributed by atoms with E-state index in [-0.39, 0.29) is 19.0 Å². The van der Waals surface area contributed by atoms with Crippen molar-refractivity contribution in [2.24, 2.45) is 0 Å². The Morgan fingerprint density at radius 2 is 1.62 bits per heavy atom. The Bertz CT molecular complexity index is 1020. The molecule has 190 valence electrons. The van der Waals surface area contributed by atoms with Crippen molar-refractivity contribution in [3.05, 3.63) is 53.6 Å². The highest BCUT2D eigenvalue weighted by molar-refractivity contribution is 8.27. The molecular formula is C30H48N2OS. The molecule has 0 fully saturated rings. The van der Waals surface area contributed by atoms with E-state index < -0.39 is 9.21 Å². The lowest BCUT2D eigenvalue weighted by molar-refractivity contribution is 0.0858. The van der Waals surface area contributed by atoms with Crippen molar-refractivity contribution in [3.63, 3.8) is 0 Å². The number of ether oxygens (including phenoxy) is 1. The Hall–Kier alpha value is -1.91. The molecule has 0 aliphatic carbocycles. The lowest BCUT2D eigenvalue weighted by Crippen LogP contribution is -2.50. The fourth-order valence-corrected chi connectivity index (χ4v) is 8.13. The zero-order valence-corrected chi connectivity index (χ0v) is 22.5. The summed E-state index contributed by atoms with van der Waals surface area (Å²) in [5, 5.41) is 0. The van der Waals surface area contributed by atoms with Gasteiger partial charge < -0.3 is 9.64 Å². The molecule has 3 nitrogen and oxygen atoms in total. The number of methoxy groups -OCH3 is 1. The maximum absolute atomic E-state index is 5.47. The van der Waals surface area contributed by atoms with Crippen LogP contribution in [0.25, 0.3) is 0 Å². The van der Waals surface area contributed by atoms with Gasteiger partial charge in [0, 0.05) is 36.0 Å². The number of anilines is 1. The minimum atomic E-state index is -1.46. The van der Waals surface area contributed by atoms with Gasteiger partial charge >= 0.3 is 0 Å². The van der Waals surface area contributed by atoms with E-state index in [1.54, 1.807) is 7.11 Å². The van der Waals surface area contributed by atoms with Gasteiger partial charge in [-0.2, -0.15) is 9.21 Å². The third-order valence-corrected chi connectivity index (χ3v) is 9.77. The molecule has 0 N–H and O–H groups in total. The van der Waals surface area contributed by atoms with Gasteiger partial charge in [-0.15, -0.1) is 0 Å². The summed E-state index contributed by atoms with van der Waals surface area (Å²) in [5.74, 6) is 11.6. The summed E-state index contributed by atoms with van der Waals surface area (Å²) in [6.45, 7) is 4.61. The second kappa shape index (κ2) is 11.7. The van der Waals surface area contributed by atoms with Crippen LogP contribution >= 0.6 is 9.21 Å². The van der Waals surface area contributed by atoms with Gasteiger partial charge in [0.05, 0.1) is 13.2 Å². The smallest absolute Gasteiger partial charge is 0.118 e. The van der Waals surface area contributed by atoms with Gasteiger partial charge in [-0.1, -0.05) is 70.8 Å². The molecule has 1 aliphatic heterocycles.